The van der Waals surface area contributed by atoms with Gasteiger partial charge in [-0.05, 0) is 17.7 Å². The van der Waals surface area contributed by atoms with Gasteiger partial charge in [-0.3, -0.25) is 9.59 Å². The van der Waals surface area contributed by atoms with Crippen molar-refractivity contribution in [2.45, 2.75) is 25.4 Å². The standard InChI is InChI=1S/C21H21N3O3/c1-27-20(26)14-24-18-10-6-5-9-17(18)22-21(24)16-11-19(25)23(13-16)12-15-7-3-2-4-8-15/h2-10,16H,11-14H2,1H3. The minimum absolute atomic E-state index is 0.0433. The number of esters is 1. The Hall–Kier alpha value is -3.15. The summed E-state index contributed by atoms with van der Waals surface area (Å²) in [4.78, 5) is 31.1. The zero-order valence-corrected chi connectivity index (χ0v) is 15.2. The first-order chi connectivity index (χ1) is 13.2. The molecule has 0 spiro atoms. The minimum atomic E-state index is -0.329. The summed E-state index contributed by atoms with van der Waals surface area (Å²) in [6, 6.07) is 17.7. The van der Waals surface area contributed by atoms with Gasteiger partial charge in [-0.1, -0.05) is 42.5 Å². The van der Waals surface area contributed by atoms with Gasteiger partial charge in [0.2, 0.25) is 5.91 Å². The summed E-state index contributed by atoms with van der Waals surface area (Å²) in [5.74, 6) is 0.508. The molecule has 27 heavy (non-hydrogen) atoms. The van der Waals surface area contributed by atoms with Gasteiger partial charge in [0.25, 0.3) is 0 Å². The summed E-state index contributed by atoms with van der Waals surface area (Å²) in [5, 5.41) is 0. The Balaban J connectivity index is 1.63. The number of para-hydroxylation sites is 2. The zero-order chi connectivity index (χ0) is 18.8. The lowest BCUT2D eigenvalue weighted by atomic mass is 10.1. The van der Waals surface area contributed by atoms with Crippen LogP contribution in [0.1, 0.15) is 23.7 Å². The van der Waals surface area contributed by atoms with Crippen molar-refractivity contribution < 1.29 is 14.3 Å². The van der Waals surface area contributed by atoms with Crippen molar-refractivity contribution in [1.82, 2.24) is 14.5 Å². The molecule has 1 unspecified atom stereocenters. The number of likely N-dealkylation sites (tertiary alicyclic amines) is 1. The van der Waals surface area contributed by atoms with Crippen LogP contribution in [0.5, 0.6) is 0 Å². The van der Waals surface area contributed by atoms with Crippen LogP contribution in [0.2, 0.25) is 0 Å². The van der Waals surface area contributed by atoms with Crippen molar-refractivity contribution in [3.8, 4) is 0 Å². The molecular weight excluding hydrogens is 342 g/mol. The lowest BCUT2D eigenvalue weighted by molar-refractivity contribution is -0.141. The van der Waals surface area contributed by atoms with Crippen molar-refractivity contribution >= 4 is 22.9 Å². The fraction of sp³-hybridized carbons (Fsp3) is 0.286. The number of fused-ring (bicyclic) bond motifs is 1. The molecule has 6 nitrogen and oxygen atoms in total. The van der Waals surface area contributed by atoms with E-state index in [0.29, 0.717) is 19.5 Å². The van der Waals surface area contributed by atoms with Gasteiger partial charge in [-0.25, -0.2) is 4.98 Å². The Bertz CT molecular complexity index is 981. The maximum atomic E-state index is 12.6. The molecule has 0 radical (unpaired) electrons. The number of methoxy groups -OCH3 is 1. The second-order valence-corrected chi connectivity index (χ2v) is 6.78. The predicted molar refractivity (Wildman–Crippen MR) is 101 cm³/mol. The van der Waals surface area contributed by atoms with E-state index in [1.807, 2.05) is 64.1 Å². The van der Waals surface area contributed by atoms with Gasteiger partial charge in [0.15, 0.2) is 0 Å². The lowest BCUT2D eigenvalue weighted by Gasteiger charge is -2.17. The molecule has 2 heterocycles. The van der Waals surface area contributed by atoms with Gasteiger partial charge in [-0.2, -0.15) is 0 Å². The molecular formula is C21H21N3O3. The molecule has 6 heteroatoms. The average molecular weight is 363 g/mol. The zero-order valence-electron chi connectivity index (χ0n) is 15.2. The van der Waals surface area contributed by atoms with E-state index in [1.165, 1.54) is 7.11 Å². The third-order valence-corrected chi connectivity index (χ3v) is 4.99. The summed E-state index contributed by atoms with van der Waals surface area (Å²) in [6.45, 7) is 1.28. The summed E-state index contributed by atoms with van der Waals surface area (Å²) in [7, 11) is 1.38. The highest BCUT2D eigenvalue weighted by atomic mass is 16.5. The summed E-state index contributed by atoms with van der Waals surface area (Å²) in [5.41, 5.74) is 2.81. The number of carbonyl (C=O) groups excluding carboxylic acids is 2. The highest BCUT2D eigenvalue weighted by molar-refractivity contribution is 5.82. The molecule has 1 aliphatic rings. The molecule has 0 N–H and O–H groups in total. The van der Waals surface area contributed by atoms with Crippen molar-refractivity contribution in [1.29, 1.82) is 0 Å². The van der Waals surface area contributed by atoms with Crippen molar-refractivity contribution in [2.24, 2.45) is 0 Å². The number of benzene rings is 2. The molecule has 1 atom stereocenters. The Morgan fingerprint density at radius 1 is 1.15 bits per heavy atom. The summed E-state index contributed by atoms with van der Waals surface area (Å²) >= 11 is 0. The van der Waals surface area contributed by atoms with E-state index in [4.69, 9.17) is 9.72 Å². The fourth-order valence-corrected chi connectivity index (χ4v) is 3.67. The SMILES string of the molecule is COC(=O)Cn1c(C2CC(=O)N(Cc3ccccc3)C2)nc2ccccc21. The van der Waals surface area contributed by atoms with Gasteiger partial charge in [0.05, 0.1) is 18.1 Å². The largest absolute Gasteiger partial charge is 0.468 e. The fourth-order valence-electron chi connectivity index (χ4n) is 3.67. The van der Waals surface area contributed by atoms with E-state index >= 15 is 0 Å². The summed E-state index contributed by atoms with van der Waals surface area (Å²) in [6.07, 6.45) is 0.400. The smallest absolute Gasteiger partial charge is 0.325 e. The first-order valence-corrected chi connectivity index (χ1v) is 8.99. The predicted octanol–water partition coefficient (Wildman–Crippen LogP) is 2.73. The average Bonchev–Trinajstić information content (AvgIpc) is 3.23. The normalized spacial score (nSPS) is 16.9. The van der Waals surface area contributed by atoms with Crippen LogP contribution in [-0.4, -0.2) is 40.0 Å². The molecule has 0 bridgehead atoms. The van der Waals surface area contributed by atoms with Crippen molar-refractivity contribution in [3.05, 3.63) is 66.0 Å². The van der Waals surface area contributed by atoms with Crippen LogP contribution in [-0.2, 0) is 27.4 Å². The third-order valence-electron chi connectivity index (χ3n) is 4.99. The van der Waals surface area contributed by atoms with E-state index in [2.05, 4.69) is 0 Å². The first-order valence-electron chi connectivity index (χ1n) is 8.99. The van der Waals surface area contributed by atoms with E-state index in [1.54, 1.807) is 0 Å². The Morgan fingerprint density at radius 2 is 1.89 bits per heavy atom. The van der Waals surface area contributed by atoms with E-state index in [-0.39, 0.29) is 24.3 Å². The van der Waals surface area contributed by atoms with E-state index in [0.717, 1.165) is 22.4 Å². The van der Waals surface area contributed by atoms with Crippen molar-refractivity contribution in [2.75, 3.05) is 13.7 Å². The van der Waals surface area contributed by atoms with Gasteiger partial charge < -0.3 is 14.2 Å². The summed E-state index contributed by atoms with van der Waals surface area (Å²) < 4.78 is 6.73. The van der Waals surface area contributed by atoms with Crippen LogP contribution in [0.4, 0.5) is 0 Å². The first kappa shape index (κ1) is 17.3. The maximum Gasteiger partial charge on any atom is 0.325 e. The van der Waals surface area contributed by atoms with Gasteiger partial charge >= 0.3 is 5.97 Å². The molecule has 1 fully saturated rings. The van der Waals surface area contributed by atoms with Crippen molar-refractivity contribution in [3.63, 3.8) is 0 Å². The lowest BCUT2D eigenvalue weighted by Crippen LogP contribution is -2.24. The molecule has 0 saturated carbocycles. The van der Waals surface area contributed by atoms with Crippen LogP contribution >= 0.6 is 0 Å². The molecule has 4 rings (SSSR count). The number of rotatable bonds is 5. The van der Waals surface area contributed by atoms with Crippen LogP contribution in [0.15, 0.2) is 54.6 Å². The number of imidazole rings is 1. The van der Waals surface area contributed by atoms with Crippen LogP contribution in [0, 0.1) is 0 Å². The number of hydrogen-bond donors (Lipinski definition) is 0. The molecule has 3 aromatic rings. The number of nitrogens with zero attached hydrogens (tertiary/aromatic N) is 3. The van der Waals surface area contributed by atoms with Crippen LogP contribution in [0.25, 0.3) is 11.0 Å². The third kappa shape index (κ3) is 3.43. The highest BCUT2D eigenvalue weighted by Crippen LogP contribution is 2.31. The molecule has 1 aliphatic heterocycles. The molecule has 138 valence electrons. The van der Waals surface area contributed by atoms with Gasteiger partial charge in [0.1, 0.15) is 12.4 Å². The number of carbonyl (C=O) groups is 2. The number of aromatic nitrogens is 2. The molecule has 1 saturated heterocycles. The highest BCUT2D eigenvalue weighted by Gasteiger charge is 2.34. The van der Waals surface area contributed by atoms with Crippen LogP contribution < -0.4 is 0 Å². The quantitative estimate of drug-likeness (QED) is 0.654. The maximum absolute atomic E-state index is 12.6. The minimum Gasteiger partial charge on any atom is -0.468 e. The second kappa shape index (κ2) is 7.23. The molecule has 2 aromatic carbocycles. The Kier molecular flexibility index (Phi) is 4.62. The number of amides is 1. The van der Waals surface area contributed by atoms with E-state index < -0.39 is 0 Å². The number of ether oxygens (including phenoxy) is 1. The Labute approximate surface area is 157 Å². The molecule has 1 amide bonds. The molecule has 1 aromatic heterocycles. The van der Waals surface area contributed by atoms with Gasteiger partial charge in [-0.15, -0.1) is 0 Å². The number of hydrogen-bond acceptors (Lipinski definition) is 4. The Morgan fingerprint density at radius 3 is 2.67 bits per heavy atom. The van der Waals surface area contributed by atoms with Crippen LogP contribution in [0.3, 0.4) is 0 Å². The molecule has 0 aliphatic carbocycles. The van der Waals surface area contributed by atoms with Gasteiger partial charge in [0, 0.05) is 25.4 Å². The monoisotopic (exact) mass is 363 g/mol. The van der Waals surface area contributed by atoms with E-state index in [9.17, 15) is 9.59 Å². The second-order valence-electron chi connectivity index (χ2n) is 6.78. The topological polar surface area (TPSA) is 64.4 Å².